The monoisotopic (exact) mass is 295 g/mol. The van der Waals surface area contributed by atoms with Crippen LogP contribution in [0.1, 0.15) is 24.9 Å². The molecule has 0 saturated heterocycles. The highest BCUT2D eigenvalue weighted by Gasteiger charge is 2.03. The molecule has 1 N–H and O–H groups in total. The average Bonchev–Trinajstić information content (AvgIpc) is 2.85. The van der Waals surface area contributed by atoms with Gasteiger partial charge in [0.25, 0.3) is 0 Å². The van der Waals surface area contributed by atoms with E-state index < -0.39 is 0 Å². The van der Waals surface area contributed by atoms with Crippen LogP contribution >= 0.6 is 23.4 Å². The molecular formula is C15H18ClNOS. The van der Waals surface area contributed by atoms with Crippen LogP contribution in [0.4, 0.5) is 0 Å². The van der Waals surface area contributed by atoms with E-state index in [-0.39, 0.29) is 0 Å². The largest absolute Gasteiger partial charge is 0.464 e. The summed E-state index contributed by atoms with van der Waals surface area (Å²) in [6.07, 6.45) is 1.14. The van der Waals surface area contributed by atoms with E-state index in [4.69, 9.17) is 16.0 Å². The van der Waals surface area contributed by atoms with Crippen molar-refractivity contribution < 1.29 is 4.42 Å². The quantitative estimate of drug-likeness (QED) is 0.591. The molecule has 1 aromatic heterocycles. The lowest BCUT2D eigenvalue weighted by molar-refractivity contribution is 0.459. The van der Waals surface area contributed by atoms with E-state index >= 15 is 0 Å². The maximum atomic E-state index is 5.96. The minimum absolute atomic E-state index is 0.772. The molecular weight excluding hydrogens is 278 g/mol. The Morgan fingerprint density at radius 2 is 2.05 bits per heavy atom. The van der Waals surface area contributed by atoms with Crippen molar-refractivity contribution >= 4 is 23.4 Å². The third-order valence-electron chi connectivity index (χ3n) is 2.62. The van der Waals surface area contributed by atoms with Crippen LogP contribution in [-0.2, 0) is 12.3 Å². The van der Waals surface area contributed by atoms with Crippen molar-refractivity contribution in [3.05, 3.63) is 52.9 Å². The zero-order valence-corrected chi connectivity index (χ0v) is 12.6. The van der Waals surface area contributed by atoms with Gasteiger partial charge in [-0.2, -0.15) is 0 Å². The Hall–Kier alpha value is -0.900. The van der Waals surface area contributed by atoms with Gasteiger partial charge in [-0.15, -0.1) is 11.8 Å². The summed E-state index contributed by atoms with van der Waals surface area (Å²) in [5, 5.41) is 4.10. The summed E-state index contributed by atoms with van der Waals surface area (Å²) in [4.78, 5) is 1.16. The van der Waals surface area contributed by atoms with Crippen molar-refractivity contribution in [2.24, 2.45) is 0 Å². The van der Waals surface area contributed by atoms with Crippen LogP contribution in [0.2, 0.25) is 5.02 Å². The van der Waals surface area contributed by atoms with E-state index in [9.17, 15) is 0 Å². The first-order chi connectivity index (χ1) is 9.28. The summed E-state index contributed by atoms with van der Waals surface area (Å²) < 4.78 is 5.77. The molecule has 0 aliphatic rings. The molecule has 1 aromatic carbocycles. The first kappa shape index (κ1) is 14.5. The van der Waals surface area contributed by atoms with Gasteiger partial charge >= 0.3 is 0 Å². The maximum absolute atomic E-state index is 5.96. The van der Waals surface area contributed by atoms with Gasteiger partial charge in [0.05, 0.1) is 12.3 Å². The van der Waals surface area contributed by atoms with E-state index in [2.05, 4.69) is 18.3 Å². The highest BCUT2D eigenvalue weighted by Crippen LogP contribution is 2.25. The highest BCUT2D eigenvalue weighted by molar-refractivity contribution is 7.98. The van der Waals surface area contributed by atoms with Crippen LogP contribution in [0, 0.1) is 0 Å². The summed E-state index contributed by atoms with van der Waals surface area (Å²) in [6, 6.07) is 12.0. The number of halogens is 1. The maximum Gasteiger partial charge on any atom is 0.118 e. The van der Waals surface area contributed by atoms with Crippen LogP contribution < -0.4 is 5.32 Å². The van der Waals surface area contributed by atoms with E-state index in [1.54, 1.807) is 11.8 Å². The van der Waals surface area contributed by atoms with Gasteiger partial charge in [-0.25, -0.2) is 0 Å². The second-order valence-electron chi connectivity index (χ2n) is 4.29. The van der Waals surface area contributed by atoms with Crippen LogP contribution in [0.25, 0.3) is 0 Å². The Kier molecular flexibility index (Phi) is 5.83. The van der Waals surface area contributed by atoms with Crippen molar-refractivity contribution in [1.29, 1.82) is 0 Å². The number of thioether (sulfide) groups is 1. The zero-order chi connectivity index (χ0) is 13.5. The molecule has 0 radical (unpaired) electrons. The fourth-order valence-electron chi connectivity index (χ4n) is 1.69. The second kappa shape index (κ2) is 7.63. The van der Waals surface area contributed by atoms with Gasteiger partial charge in [0, 0.05) is 9.92 Å². The van der Waals surface area contributed by atoms with Crippen molar-refractivity contribution in [2.75, 3.05) is 6.54 Å². The summed E-state index contributed by atoms with van der Waals surface area (Å²) in [5.74, 6) is 2.82. The zero-order valence-electron chi connectivity index (χ0n) is 11.0. The lowest BCUT2D eigenvalue weighted by atomic mass is 10.4. The number of benzene rings is 1. The molecule has 102 valence electrons. The summed E-state index contributed by atoms with van der Waals surface area (Å²) in [7, 11) is 0. The molecule has 0 atom stereocenters. The first-order valence-electron chi connectivity index (χ1n) is 6.44. The van der Waals surface area contributed by atoms with Crippen LogP contribution in [-0.4, -0.2) is 6.54 Å². The molecule has 19 heavy (non-hydrogen) atoms. The molecule has 0 saturated carbocycles. The number of furan rings is 1. The minimum Gasteiger partial charge on any atom is -0.464 e. The molecule has 1 heterocycles. The van der Waals surface area contributed by atoms with Gasteiger partial charge in [-0.05, 0) is 43.3 Å². The summed E-state index contributed by atoms with van der Waals surface area (Å²) in [5.41, 5.74) is 0. The molecule has 0 aliphatic carbocycles. The standard InChI is InChI=1S/C15H18ClNOS/c1-2-8-17-10-13-6-7-14(18-13)11-19-15-5-3-4-12(16)9-15/h3-7,9,17H,2,8,10-11H2,1H3. The van der Waals surface area contributed by atoms with E-state index in [1.807, 2.05) is 30.3 Å². The number of rotatable bonds is 7. The van der Waals surface area contributed by atoms with Gasteiger partial charge in [0.1, 0.15) is 11.5 Å². The van der Waals surface area contributed by atoms with E-state index in [0.29, 0.717) is 0 Å². The lowest BCUT2D eigenvalue weighted by Crippen LogP contribution is -2.12. The van der Waals surface area contributed by atoms with Crippen LogP contribution in [0.15, 0.2) is 45.7 Å². The number of hydrogen-bond donors (Lipinski definition) is 1. The normalized spacial score (nSPS) is 10.8. The Bertz CT molecular complexity index is 512. The molecule has 0 unspecified atom stereocenters. The van der Waals surface area contributed by atoms with E-state index in [1.165, 1.54) is 0 Å². The average molecular weight is 296 g/mol. The van der Waals surface area contributed by atoms with Gasteiger partial charge in [-0.3, -0.25) is 0 Å². The van der Waals surface area contributed by atoms with Crippen molar-refractivity contribution in [1.82, 2.24) is 5.32 Å². The molecule has 2 rings (SSSR count). The first-order valence-corrected chi connectivity index (χ1v) is 7.81. The molecule has 0 aliphatic heterocycles. The topological polar surface area (TPSA) is 25.2 Å². The van der Waals surface area contributed by atoms with E-state index in [0.717, 1.165) is 46.7 Å². The van der Waals surface area contributed by atoms with Gasteiger partial charge in [0.2, 0.25) is 0 Å². The number of nitrogens with one attached hydrogen (secondary N) is 1. The Morgan fingerprint density at radius 3 is 2.84 bits per heavy atom. The van der Waals surface area contributed by atoms with Crippen LogP contribution in [0.5, 0.6) is 0 Å². The van der Waals surface area contributed by atoms with Crippen molar-refractivity contribution in [2.45, 2.75) is 30.5 Å². The Morgan fingerprint density at radius 1 is 1.21 bits per heavy atom. The fourth-order valence-corrected chi connectivity index (χ4v) is 2.80. The van der Waals surface area contributed by atoms with Crippen molar-refractivity contribution in [3.63, 3.8) is 0 Å². The molecule has 0 fully saturated rings. The van der Waals surface area contributed by atoms with Crippen LogP contribution in [0.3, 0.4) is 0 Å². The molecule has 4 heteroatoms. The predicted molar refractivity (Wildman–Crippen MR) is 81.7 cm³/mol. The van der Waals surface area contributed by atoms with Gasteiger partial charge < -0.3 is 9.73 Å². The fraction of sp³-hybridized carbons (Fsp3) is 0.333. The minimum atomic E-state index is 0.772. The molecule has 0 spiro atoms. The SMILES string of the molecule is CCCNCc1ccc(CSc2cccc(Cl)c2)o1. The second-order valence-corrected chi connectivity index (χ2v) is 5.78. The van der Waals surface area contributed by atoms with Gasteiger partial charge in [-0.1, -0.05) is 24.6 Å². The van der Waals surface area contributed by atoms with Crippen molar-refractivity contribution in [3.8, 4) is 0 Å². The predicted octanol–water partition coefficient (Wildman–Crippen LogP) is 4.72. The molecule has 2 aromatic rings. The molecule has 0 amide bonds. The Labute approximate surface area is 123 Å². The third-order valence-corrected chi connectivity index (χ3v) is 3.87. The molecule has 0 bridgehead atoms. The highest BCUT2D eigenvalue weighted by atomic mass is 35.5. The Balaban J connectivity index is 1.83. The van der Waals surface area contributed by atoms with Gasteiger partial charge in [0.15, 0.2) is 0 Å². The summed E-state index contributed by atoms with van der Waals surface area (Å²) in [6.45, 7) is 3.98. The lowest BCUT2D eigenvalue weighted by Gasteiger charge is -2.01. The third kappa shape index (κ3) is 4.94. The summed E-state index contributed by atoms with van der Waals surface area (Å²) >= 11 is 7.69. The molecule has 2 nitrogen and oxygen atoms in total. The number of hydrogen-bond acceptors (Lipinski definition) is 3. The smallest absolute Gasteiger partial charge is 0.118 e.